The van der Waals surface area contributed by atoms with E-state index in [1.807, 2.05) is 24.3 Å². The van der Waals surface area contributed by atoms with Crippen molar-refractivity contribution in [2.24, 2.45) is 0 Å². The first kappa shape index (κ1) is 7.94. The van der Waals surface area contributed by atoms with Gasteiger partial charge < -0.3 is 5.43 Å². The number of hydrogen-bond donors (Lipinski definition) is 2. The van der Waals surface area contributed by atoms with Gasteiger partial charge in [0.05, 0.1) is 5.52 Å². The number of rotatable bonds is 2. The van der Waals surface area contributed by atoms with Crippen molar-refractivity contribution in [1.29, 1.82) is 0 Å². The third kappa shape index (κ3) is 1.43. The fraction of sp³-hybridized carbons (Fsp3) is 0.111. The van der Waals surface area contributed by atoms with Crippen LogP contribution in [0.25, 0.3) is 10.9 Å². The number of anilines is 1. The second kappa shape index (κ2) is 3.37. The molecule has 4 nitrogen and oxygen atoms in total. The van der Waals surface area contributed by atoms with E-state index < -0.39 is 0 Å². The summed E-state index contributed by atoms with van der Waals surface area (Å²) < 4.78 is 0. The van der Waals surface area contributed by atoms with Crippen LogP contribution in [-0.4, -0.2) is 17.0 Å². The molecule has 2 rings (SSSR count). The van der Waals surface area contributed by atoms with Gasteiger partial charge >= 0.3 is 0 Å². The Labute approximate surface area is 76.0 Å². The smallest absolute Gasteiger partial charge is 0.151 e. The number of nitrogens with zero attached hydrogens (tertiary/aromatic N) is 2. The quantitative estimate of drug-likeness (QED) is 0.671. The molecule has 0 unspecified atom stereocenters. The topological polar surface area (TPSA) is 49.8 Å². The van der Waals surface area contributed by atoms with Crippen LogP contribution in [0.4, 0.5) is 5.82 Å². The Balaban J connectivity index is 2.61. The molecule has 13 heavy (non-hydrogen) atoms. The lowest BCUT2D eigenvalue weighted by molar-refractivity contribution is 0.966. The largest absolute Gasteiger partial charge is 0.305 e. The Bertz CT molecular complexity index is 408. The van der Waals surface area contributed by atoms with Crippen molar-refractivity contribution in [3.8, 4) is 0 Å². The van der Waals surface area contributed by atoms with Crippen molar-refractivity contribution in [2.75, 3.05) is 12.5 Å². The van der Waals surface area contributed by atoms with Gasteiger partial charge in [0.25, 0.3) is 0 Å². The highest BCUT2D eigenvalue weighted by Gasteiger charge is 1.99. The number of fused-ring (bicyclic) bond motifs is 1. The van der Waals surface area contributed by atoms with Gasteiger partial charge in [-0.05, 0) is 12.1 Å². The first-order chi connectivity index (χ1) is 6.42. The summed E-state index contributed by atoms with van der Waals surface area (Å²) in [4.78, 5) is 8.26. The first-order valence-corrected chi connectivity index (χ1v) is 4.04. The zero-order valence-electron chi connectivity index (χ0n) is 7.28. The van der Waals surface area contributed by atoms with Crippen LogP contribution in [0.5, 0.6) is 0 Å². The standard InChI is InChI=1S/C9H10N4/c1-10-13-9-7-4-2-3-5-8(7)11-6-12-9/h2-6,10H,1H3,(H,11,12,13). The normalized spacial score (nSPS) is 10.2. The van der Waals surface area contributed by atoms with Gasteiger partial charge in [0.15, 0.2) is 5.82 Å². The molecule has 0 aliphatic rings. The van der Waals surface area contributed by atoms with E-state index in [0.29, 0.717) is 0 Å². The summed E-state index contributed by atoms with van der Waals surface area (Å²) in [5.74, 6) is 0.799. The van der Waals surface area contributed by atoms with Crippen molar-refractivity contribution in [1.82, 2.24) is 15.4 Å². The lowest BCUT2D eigenvalue weighted by Crippen LogP contribution is -2.16. The van der Waals surface area contributed by atoms with Gasteiger partial charge in [0.2, 0.25) is 0 Å². The third-order valence-corrected chi connectivity index (χ3v) is 1.79. The highest BCUT2D eigenvalue weighted by Crippen LogP contribution is 2.16. The molecule has 0 bridgehead atoms. The van der Waals surface area contributed by atoms with Crippen LogP contribution in [0.2, 0.25) is 0 Å². The van der Waals surface area contributed by atoms with Crippen LogP contribution < -0.4 is 10.9 Å². The highest BCUT2D eigenvalue weighted by atomic mass is 15.4. The maximum Gasteiger partial charge on any atom is 0.151 e. The Morgan fingerprint density at radius 2 is 2.00 bits per heavy atom. The van der Waals surface area contributed by atoms with Gasteiger partial charge in [-0.1, -0.05) is 12.1 Å². The van der Waals surface area contributed by atoms with Crippen molar-refractivity contribution in [3.05, 3.63) is 30.6 Å². The van der Waals surface area contributed by atoms with Crippen molar-refractivity contribution in [2.45, 2.75) is 0 Å². The maximum absolute atomic E-state index is 4.15. The molecule has 1 aromatic carbocycles. The number of para-hydroxylation sites is 1. The summed E-state index contributed by atoms with van der Waals surface area (Å²) in [5, 5.41) is 1.01. The fourth-order valence-corrected chi connectivity index (χ4v) is 1.22. The number of benzene rings is 1. The van der Waals surface area contributed by atoms with E-state index in [4.69, 9.17) is 0 Å². The monoisotopic (exact) mass is 174 g/mol. The van der Waals surface area contributed by atoms with E-state index in [-0.39, 0.29) is 0 Å². The molecule has 2 N–H and O–H groups in total. The second-order valence-corrected chi connectivity index (χ2v) is 2.61. The van der Waals surface area contributed by atoms with Gasteiger partial charge in [0.1, 0.15) is 6.33 Å². The fourth-order valence-electron chi connectivity index (χ4n) is 1.22. The number of nitrogens with one attached hydrogen (secondary N) is 2. The minimum atomic E-state index is 0.799. The minimum absolute atomic E-state index is 0.799. The highest BCUT2D eigenvalue weighted by molar-refractivity contribution is 5.88. The van der Waals surface area contributed by atoms with Crippen LogP contribution in [0.15, 0.2) is 30.6 Å². The number of aromatic nitrogens is 2. The molecule has 1 heterocycles. The average molecular weight is 174 g/mol. The molecule has 0 aliphatic carbocycles. The molecule has 2 aromatic rings. The number of hydrogen-bond acceptors (Lipinski definition) is 4. The summed E-state index contributed by atoms with van der Waals surface area (Å²) in [7, 11) is 1.80. The van der Waals surface area contributed by atoms with Crippen LogP contribution in [0.1, 0.15) is 0 Å². The Morgan fingerprint density at radius 1 is 1.15 bits per heavy atom. The summed E-state index contributed by atoms with van der Waals surface area (Å²) in [6, 6.07) is 7.86. The molecule has 66 valence electrons. The van der Waals surface area contributed by atoms with Gasteiger partial charge in [-0.15, -0.1) is 0 Å². The van der Waals surface area contributed by atoms with Crippen LogP contribution >= 0.6 is 0 Å². The molecule has 0 amide bonds. The van der Waals surface area contributed by atoms with Crippen LogP contribution in [0.3, 0.4) is 0 Å². The van der Waals surface area contributed by atoms with E-state index in [9.17, 15) is 0 Å². The SMILES string of the molecule is CNNc1ncnc2ccccc12. The lowest BCUT2D eigenvalue weighted by Gasteiger charge is -2.05. The van der Waals surface area contributed by atoms with Crippen molar-refractivity contribution >= 4 is 16.7 Å². The van der Waals surface area contributed by atoms with Crippen molar-refractivity contribution < 1.29 is 0 Å². The van der Waals surface area contributed by atoms with E-state index in [1.54, 1.807) is 13.4 Å². The summed E-state index contributed by atoms with van der Waals surface area (Å²) >= 11 is 0. The van der Waals surface area contributed by atoms with E-state index in [2.05, 4.69) is 20.8 Å². The molecule has 0 fully saturated rings. The Kier molecular flexibility index (Phi) is 2.06. The molecule has 0 radical (unpaired) electrons. The molecule has 4 heteroatoms. The van der Waals surface area contributed by atoms with E-state index in [1.165, 1.54) is 0 Å². The average Bonchev–Trinajstić information content (AvgIpc) is 2.19. The van der Waals surface area contributed by atoms with Gasteiger partial charge in [0, 0.05) is 12.4 Å². The predicted molar refractivity (Wildman–Crippen MR) is 52.2 cm³/mol. The zero-order valence-corrected chi connectivity index (χ0v) is 7.28. The van der Waals surface area contributed by atoms with Crippen LogP contribution in [-0.2, 0) is 0 Å². The summed E-state index contributed by atoms with van der Waals surface area (Å²) in [6.45, 7) is 0. The molecule has 0 atom stereocenters. The van der Waals surface area contributed by atoms with Gasteiger partial charge in [-0.3, -0.25) is 0 Å². The summed E-state index contributed by atoms with van der Waals surface area (Å²) in [5.41, 5.74) is 6.73. The maximum atomic E-state index is 4.15. The first-order valence-electron chi connectivity index (χ1n) is 4.04. The number of hydrazine groups is 1. The Morgan fingerprint density at radius 3 is 2.85 bits per heavy atom. The molecule has 0 aliphatic heterocycles. The second-order valence-electron chi connectivity index (χ2n) is 2.61. The molecule has 1 aromatic heterocycles. The molecular weight excluding hydrogens is 164 g/mol. The minimum Gasteiger partial charge on any atom is -0.305 e. The molecule has 0 saturated carbocycles. The van der Waals surface area contributed by atoms with Gasteiger partial charge in [-0.2, -0.15) is 0 Å². The van der Waals surface area contributed by atoms with Crippen LogP contribution in [0, 0.1) is 0 Å². The van der Waals surface area contributed by atoms with E-state index in [0.717, 1.165) is 16.7 Å². The zero-order chi connectivity index (χ0) is 9.10. The Hall–Kier alpha value is -1.68. The molecule has 0 saturated heterocycles. The lowest BCUT2D eigenvalue weighted by atomic mass is 10.2. The third-order valence-electron chi connectivity index (χ3n) is 1.79. The van der Waals surface area contributed by atoms with E-state index >= 15 is 0 Å². The van der Waals surface area contributed by atoms with Gasteiger partial charge in [-0.25, -0.2) is 15.4 Å². The molecular formula is C9H10N4. The van der Waals surface area contributed by atoms with Crippen molar-refractivity contribution in [3.63, 3.8) is 0 Å². The molecule has 0 spiro atoms. The summed E-state index contributed by atoms with van der Waals surface area (Å²) in [6.07, 6.45) is 1.54. The predicted octanol–water partition coefficient (Wildman–Crippen LogP) is 1.18.